The number of thiophene rings is 1. The van der Waals surface area contributed by atoms with Crippen LogP contribution in [-0.4, -0.2) is 48.2 Å². The number of fused-ring (bicyclic) bond motifs is 5. The van der Waals surface area contributed by atoms with Gasteiger partial charge >= 0.3 is 6.03 Å². The third-order valence-electron chi connectivity index (χ3n) is 7.35. The molecule has 4 heterocycles. The van der Waals surface area contributed by atoms with Gasteiger partial charge < -0.3 is 29.2 Å². The average molecular weight is 533 g/mol. The first-order chi connectivity index (χ1) is 18.5. The van der Waals surface area contributed by atoms with Gasteiger partial charge in [-0.3, -0.25) is 0 Å². The lowest BCUT2D eigenvalue weighted by Gasteiger charge is -2.32. The molecular weight excluding hydrogens is 503 g/mol. The molecule has 9 heteroatoms. The van der Waals surface area contributed by atoms with Crippen LogP contribution in [0.25, 0.3) is 5.00 Å². The maximum absolute atomic E-state index is 14.2. The number of rotatable bonds is 4. The number of carbonyl (C=O) groups is 1. The van der Waals surface area contributed by atoms with Crippen molar-refractivity contribution in [3.8, 4) is 16.5 Å². The molecule has 0 saturated carbocycles. The summed E-state index contributed by atoms with van der Waals surface area (Å²) in [5, 5.41) is 4.22. The Bertz CT molecular complexity index is 1500. The molecule has 0 unspecified atom stereocenters. The maximum Gasteiger partial charge on any atom is 0.323 e. The van der Waals surface area contributed by atoms with Crippen LogP contribution in [-0.2, 0) is 19.5 Å². The van der Waals surface area contributed by atoms with Crippen molar-refractivity contribution in [1.29, 1.82) is 0 Å². The lowest BCUT2D eigenvalue weighted by Crippen LogP contribution is -2.38. The predicted octanol–water partition coefficient (Wildman–Crippen LogP) is 5.82. The molecule has 0 saturated heterocycles. The second-order valence-corrected chi connectivity index (χ2v) is 10.7. The zero-order valence-corrected chi connectivity index (χ0v) is 22.3. The van der Waals surface area contributed by atoms with E-state index < -0.39 is 6.04 Å². The van der Waals surface area contributed by atoms with Gasteiger partial charge in [-0.15, -0.1) is 11.3 Å². The number of halogens is 1. The lowest BCUT2D eigenvalue weighted by molar-refractivity contribution is 0.194. The fraction of sp³-hybridized carbons (Fsp3) is 0.276. The van der Waals surface area contributed by atoms with Gasteiger partial charge in [0, 0.05) is 35.8 Å². The Hall–Kier alpha value is -3.82. The van der Waals surface area contributed by atoms with Gasteiger partial charge in [0.15, 0.2) is 0 Å². The summed E-state index contributed by atoms with van der Waals surface area (Å²) < 4.78 is 27.0. The first-order valence-electron chi connectivity index (χ1n) is 12.5. The van der Waals surface area contributed by atoms with Crippen LogP contribution < -0.4 is 14.8 Å². The van der Waals surface area contributed by atoms with Gasteiger partial charge in [0.05, 0.1) is 38.2 Å². The Morgan fingerprint density at radius 2 is 1.87 bits per heavy atom. The highest BCUT2D eigenvalue weighted by Gasteiger charge is 2.36. The third kappa shape index (κ3) is 4.21. The number of nitrogens with one attached hydrogen (secondary N) is 1. The highest BCUT2D eigenvalue weighted by molar-refractivity contribution is 7.15. The normalized spacial score (nSPS) is 16.7. The Balaban J connectivity index is 1.48. The van der Waals surface area contributed by atoms with Crippen molar-refractivity contribution in [2.45, 2.75) is 25.6 Å². The first kappa shape index (κ1) is 24.5. The topological polar surface area (TPSA) is 59.0 Å². The smallest absolute Gasteiger partial charge is 0.323 e. The molecule has 2 amide bonds. The zero-order chi connectivity index (χ0) is 26.4. The van der Waals surface area contributed by atoms with Gasteiger partial charge in [0.2, 0.25) is 0 Å². The summed E-state index contributed by atoms with van der Waals surface area (Å²) in [4.78, 5) is 19.7. The number of carbonyl (C=O) groups excluding carboxylic acids is 1. The molecule has 0 bridgehead atoms. The fourth-order valence-corrected chi connectivity index (χ4v) is 6.89. The number of hydrogen-bond acceptors (Lipinski definition) is 5. The predicted molar refractivity (Wildman–Crippen MR) is 146 cm³/mol. The Labute approximate surface area is 225 Å². The van der Waals surface area contributed by atoms with Crippen molar-refractivity contribution in [2.75, 3.05) is 33.1 Å². The number of nitrogens with zero attached hydrogens (tertiary/aromatic N) is 3. The van der Waals surface area contributed by atoms with Crippen LogP contribution in [0.1, 0.15) is 33.3 Å². The van der Waals surface area contributed by atoms with E-state index >= 15 is 0 Å². The van der Waals surface area contributed by atoms with Gasteiger partial charge in [-0.25, -0.2) is 9.18 Å². The van der Waals surface area contributed by atoms with Crippen molar-refractivity contribution < 1.29 is 18.7 Å². The van der Waals surface area contributed by atoms with Crippen molar-refractivity contribution in [2.24, 2.45) is 0 Å². The number of likely N-dealkylation sites (N-methyl/N-ethyl adjacent to an activating group) is 1. The SMILES string of the molecule is COc1ccc(OC)c(NC(=O)N2Cc3c(sc4c3CCN(C)C4)-n3cccc3[C@@H]2c2ccc(F)cc2)c1. The van der Waals surface area contributed by atoms with Crippen LogP contribution >= 0.6 is 11.3 Å². The van der Waals surface area contributed by atoms with E-state index in [0.717, 1.165) is 35.8 Å². The number of hydrogen-bond donors (Lipinski definition) is 1. The summed E-state index contributed by atoms with van der Waals surface area (Å²) in [6.45, 7) is 2.30. The number of urea groups is 1. The number of anilines is 1. The van der Waals surface area contributed by atoms with Crippen molar-refractivity contribution in [3.05, 3.63) is 93.9 Å². The molecule has 2 aliphatic rings. The fourth-order valence-electron chi connectivity index (χ4n) is 5.45. The maximum atomic E-state index is 14.2. The minimum atomic E-state index is -0.427. The van der Waals surface area contributed by atoms with Gasteiger partial charge in [0.1, 0.15) is 22.3 Å². The standard InChI is InChI=1S/C29H29FN4O3S/c1-32-14-12-21-22-16-34(29(35)31-23-15-20(36-2)10-11-25(23)37-3)27(18-6-8-19(30)9-7-18)24-5-4-13-33(24)28(22)38-26(21)17-32/h4-11,13,15,27H,12,14,16-17H2,1-3H3,(H,31,35)/t27-/m0/s1. The number of amides is 2. The highest BCUT2D eigenvalue weighted by atomic mass is 32.1. The second kappa shape index (κ2) is 9.81. The number of benzene rings is 2. The molecule has 2 aromatic carbocycles. The molecule has 0 spiro atoms. The highest BCUT2D eigenvalue weighted by Crippen LogP contribution is 2.44. The molecule has 6 rings (SSSR count). The minimum Gasteiger partial charge on any atom is -0.497 e. The van der Waals surface area contributed by atoms with Crippen LogP contribution in [0, 0.1) is 5.82 Å². The molecule has 1 N–H and O–H groups in total. The van der Waals surface area contributed by atoms with E-state index in [0.29, 0.717) is 23.7 Å². The molecular formula is C29H29FN4O3S. The molecule has 7 nitrogen and oxygen atoms in total. The summed E-state index contributed by atoms with van der Waals surface area (Å²) >= 11 is 1.80. The van der Waals surface area contributed by atoms with Crippen LogP contribution in [0.3, 0.4) is 0 Å². The Kier molecular flexibility index (Phi) is 6.33. The summed E-state index contributed by atoms with van der Waals surface area (Å²) in [6.07, 6.45) is 3.00. The first-order valence-corrected chi connectivity index (χ1v) is 13.3. The molecule has 0 fully saturated rings. The Morgan fingerprint density at radius 3 is 2.63 bits per heavy atom. The molecule has 2 aliphatic heterocycles. The lowest BCUT2D eigenvalue weighted by atomic mass is 10.0. The molecule has 196 valence electrons. The zero-order valence-electron chi connectivity index (χ0n) is 21.5. The molecule has 38 heavy (non-hydrogen) atoms. The largest absolute Gasteiger partial charge is 0.497 e. The van der Waals surface area contributed by atoms with Crippen LogP contribution in [0.5, 0.6) is 11.5 Å². The molecule has 2 aromatic heterocycles. The summed E-state index contributed by atoms with van der Waals surface area (Å²) in [7, 11) is 5.29. The number of methoxy groups -OCH3 is 2. The molecule has 0 aliphatic carbocycles. The quantitative estimate of drug-likeness (QED) is 0.360. The van der Waals surface area contributed by atoms with E-state index in [2.05, 4.69) is 28.0 Å². The summed E-state index contributed by atoms with van der Waals surface area (Å²) in [5.74, 6) is 0.832. The number of aromatic nitrogens is 1. The minimum absolute atomic E-state index is 0.278. The van der Waals surface area contributed by atoms with E-state index in [4.69, 9.17) is 9.47 Å². The van der Waals surface area contributed by atoms with Crippen molar-refractivity contribution >= 4 is 23.1 Å². The number of ether oxygens (including phenoxy) is 2. The monoisotopic (exact) mass is 532 g/mol. The van der Waals surface area contributed by atoms with Gasteiger partial charge in [-0.1, -0.05) is 12.1 Å². The van der Waals surface area contributed by atoms with E-state index in [1.807, 2.05) is 17.0 Å². The Morgan fingerprint density at radius 1 is 1.05 bits per heavy atom. The van der Waals surface area contributed by atoms with Crippen LogP contribution in [0.4, 0.5) is 14.9 Å². The third-order valence-corrected chi connectivity index (χ3v) is 8.61. The van der Waals surface area contributed by atoms with E-state index in [-0.39, 0.29) is 11.8 Å². The van der Waals surface area contributed by atoms with E-state index in [1.165, 1.54) is 28.1 Å². The van der Waals surface area contributed by atoms with Gasteiger partial charge in [0.25, 0.3) is 0 Å². The second-order valence-electron chi connectivity index (χ2n) is 9.66. The van der Waals surface area contributed by atoms with E-state index in [1.54, 1.807) is 55.9 Å². The molecule has 4 aromatic rings. The van der Waals surface area contributed by atoms with Gasteiger partial charge in [-0.05, 0) is 61.0 Å². The average Bonchev–Trinajstić information content (AvgIpc) is 3.50. The molecule has 1 atom stereocenters. The summed E-state index contributed by atoms with van der Waals surface area (Å²) in [6, 6.07) is 15.1. The summed E-state index contributed by atoms with van der Waals surface area (Å²) in [5.41, 5.74) is 4.81. The van der Waals surface area contributed by atoms with Crippen molar-refractivity contribution in [3.63, 3.8) is 0 Å². The van der Waals surface area contributed by atoms with Crippen LogP contribution in [0.15, 0.2) is 60.8 Å². The van der Waals surface area contributed by atoms with Crippen molar-refractivity contribution in [1.82, 2.24) is 14.4 Å². The van der Waals surface area contributed by atoms with E-state index in [9.17, 15) is 9.18 Å². The molecule has 0 radical (unpaired) electrons. The van der Waals surface area contributed by atoms with Crippen LogP contribution in [0.2, 0.25) is 0 Å². The van der Waals surface area contributed by atoms with Gasteiger partial charge in [-0.2, -0.15) is 0 Å².